The van der Waals surface area contributed by atoms with Gasteiger partial charge in [-0.1, -0.05) is 42.5 Å². The van der Waals surface area contributed by atoms with E-state index in [2.05, 4.69) is 10.3 Å². The molecule has 7 heteroatoms. The summed E-state index contributed by atoms with van der Waals surface area (Å²) in [7, 11) is 0. The van der Waals surface area contributed by atoms with Crippen LogP contribution in [0, 0.1) is 0 Å². The lowest BCUT2D eigenvalue weighted by Gasteiger charge is -2.18. The molecule has 0 amide bonds. The lowest BCUT2D eigenvalue weighted by molar-refractivity contribution is -0.137. The van der Waals surface area contributed by atoms with Crippen LogP contribution in [0.4, 0.5) is 24.8 Å². The number of alkyl halides is 3. The maximum atomic E-state index is 13.6. The number of nitrogens with zero attached hydrogens (tertiary/aromatic N) is 2. The minimum absolute atomic E-state index is 0.00611. The highest BCUT2D eigenvalue weighted by atomic mass is 19.4. The molecule has 1 N–H and O–H groups in total. The van der Waals surface area contributed by atoms with Crippen molar-refractivity contribution in [3.8, 4) is 5.69 Å². The zero-order chi connectivity index (χ0) is 19.7. The van der Waals surface area contributed by atoms with Crippen LogP contribution in [0.15, 0.2) is 83.7 Å². The largest absolute Gasteiger partial charge is 0.418 e. The Balaban J connectivity index is 2.04. The van der Waals surface area contributed by atoms with Gasteiger partial charge in [0.15, 0.2) is 0 Å². The van der Waals surface area contributed by atoms with Gasteiger partial charge in [-0.3, -0.25) is 4.79 Å². The zero-order valence-corrected chi connectivity index (χ0v) is 14.4. The molecule has 0 saturated heterocycles. The normalized spacial score (nSPS) is 11.5. The molecule has 0 aliphatic heterocycles. The highest BCUT2D eigenvalue weighted by molar-refractivity contribution is 5.80. The second-order valence-corrected chi connectivity index (χ2v) is 6.10. The zero-order valence-electron chi connectivity index (χ0n) is 14.4. The predicted molar refractivity (Wildman–Crippen MR) is 102 cm³/mol. The number of aromatic nitrogens is 2. The second kappa shape index (κ2) is 6.84. The SMILES string of the molecule is O=c1c2ccccc2nc(Nc2ccccc2)n1-c1ccccc1C(F)(F)F. The van der Waals surface area contributed by atoms with E-state index < -0.39 is 17.3 Å². The Morgan fingerprint density at radius 3 is 2.21 bits per heavy atom. The van der Waals surface area contributed by atoms with Crippen molar-refractivity contribution < 1.29 is 13.2 Å². The van der Waals surface area contributed by atoms with Crippen molar-refractivity contribution in [3.05, 3.63) is 94.8 Å². The number of rotatable bonds is 3. The van der Waals surface area contributed by atoms with E-state index in [9.17, 15) is 18.0 Å². The third-order valence-electron chi connectivity index (χ3n) is 4.26. The van der Waals surface area contributed by atoms with E-state index in [1.807, 2.05) is 6.07 Å². The number of hydrogen-bond donors (Lipinski definition) is 1. The molecule has 0 atom stereocenters. The Bertz CT molecular complexity index is 1200. The molecule has 0 aliphatic carbocycles. The summed E-state index contributed by atoms with van der Waals surface area (Å²) in [5.74, 6) is 0.00611. The number of para-hydroxylation sites is 3. The Kier molecular flexibility index (Phi) is 4.35. The molecule has 1 heterocycles. The molecule has 0 radical (unpaired) electrons. The van der Waals surface area contributed by atoms with Crippen molar-refractivity contribution in [3.63, 3.8) is 0 Å². The number of benzene rings is 3. The van der Waals surface area contributed by atoms with Gasteiger partial charge < -0.3 is 5.32 Å². The van der Waals surface area contributed by atoms with Gasteiger partial charge in [-0.05, 0) is 36.4 Å². The molecule has 4 rings (SSSR count). The van der Waals surface area contributed by atoms with Crippen molar-refractivity contribution in [1.82, 2.24) is 9.55 Å². The van der Waals surface area contributed by atoms with Gasteiger partial charge in [0, 0.05) is 5.69 Å². The molecular formula is C21H14F3N3O. The summed E-state index contributed by atoms with van der Waals surface area (Å²) in [6.45, 7) is 0. The van der Waals surface area contributed by atoms with Crippen LogP contribution in [-0.4, -0.2) is 9.55 Å². The van der Waals surface area contributed by atoms with E-state index in [0.717, 1.165) is 10.6 Å². The van der Waals surface area contributed by atoms with Crippen molar-refractivity contribution in [2.75, 3.05) is 5.32 Å². The van der Waals surface area contributed by atoms with E-state index in [1.54, 1.807) is 48.5 Å². The topological polar surface area (TPSA) is 46.9 Å². The van der Waals surface area contributed by atoms with Crippen LogP contribution in [0.2, 0.25) is 0 Å². The predicted octanol–water partition coefficient (Wildman–Crippen LogP) is 5.15. The maximum Gasteiger partial charge on any atom is 0.418 e. The summed E-state index contributed by atoms with van der Waals surface area (Å²) in [5.41, 5.74) is -0.780. The number of nitrogens with one attached hydrogen (secondary N) is 1. The summed E-state index contributed by atoms with van der Waals surface area (Å²) in [5, 5.41) is 3.20. The highest BCUT2D eigenvalue weighted by Gasteiger charge is 2.34. The standard InChI is InChI=1S/C21H14F3N3O/c22-21(23,24)16-11-5-7-13-18(16)27-19(28)15-10-4-6-12-17(15)26-20(27)25-14-8-2-1-3-9-14/h1-13H,(H,25,26). The molecule has 28 heavy (non-hydrogen) atoms. The number of fused-ring (bicyclic) bond motifs is 1. The summed E-state index contributed by atoms with van der Waals surface area (Å²) in [6.07, 6.45) is -4.62. The van der Waals surface area contributed by atoms with Crippen molar-refractivity contribution >= 4 is 22.5 Å². The van der Waals surface area contributed by atoms with Crippen molar-refractivity contribution in [2.45, 2.75) is 6.18 Å². The molecule has 0 saturated carbocycles. The van der Waals surface area contributed by atoms with E-state index in [4.69, 9.17) is 0 Å². The quantitative estimate of drug-likeness (QED) is 0.534. The minimum atomic E-state index is -4.62. The molecule has 0 bridgehead atoms. The van der Waals surface area contributed by atoms with Crippen LogP contribution in [-0.2, 0) is 6.18 Å². The first kappa shape index (κ1) is 17.8. The van der Waals surface area contributed by atoms with E-state index >= 15 is 0 Å². The number of halogens is 3. The molecule has 0 aliphatic rings. The fourth-order valence-corrected chi connectivity index (χ4v) is 3.00. The van der Waals surface area contributed by atoms with Gasteiger partial charge >= 0.3 is 6.18 Å². The van der Waals surface area contributed by atoms with Gasteiger partial charge in [0.05, 0.1) is 22.2 Å². The summed E-state index contributed by atoms with van der Waals surface area (Å²) in [6, 6.07) is 20.3. The first-order chi connectivity index (χ1) is 13.4. The minimum Gasteiger partial charge on any atom is -0.325 e. The van der Waals surface area contributed by atoms with Crippen LogP contribution in [0.5, 0.6) is 0 Å². The molecule has 4 nitrogen and oxygen atoms in total. The fourth-order valence-electron chi connectivity index (χ4n) is 3.00. The lowest BCUT2D eigenvalue weighted by Crippen LogP contribution is -2.25. The molecule has 1 aromatic heterocycles. The number of hydrogen-bond acceptors (Lipinski definition) is 3. The maximum absolute atomic E-state index is 13.6. The van der Waals surface area contributed by atoms with E-state index in [0.29, 0.717) is 11.2 Å². The first-order valence-electron chi connectivity index (χ1n) is 8.45. The van der Waals surface area contributed by atoms with Crippen LogP contribution < -0.4 is 10.9 Å². The summed E-state index contributed by atoms with van der Waals surface area (Å²) < 4.78 is 41.7. The van der Waals surface area contributed by atoms with E-state index in [1.165, 1.54) is 18.2 Å². The van der Waals surface area contributed by atoms with Gasteiger partial charge in [0.25, 0.3) is 5.56 Å². The molecule has 3 aromatic carbocycles. The lowest BCUT2D eigenvalue weighted by atomic mass is 10.1. The fraction of sp³-hybridized carbons (Fsp3) is 0.0476. The molecule has 0 spiro atoms. The Morgan fingerprint density at radius 1 is 0.821 bits per heavy atom. The third kappa shape index (κ3) is 3.22. The van der Waals surface area contributed by atoms with Gasteiger partial charge in [0.1, 0.15) is 0 Å². The van der Waals surface area contributed by atoms with Crippen molar-refractivity contribution in [2.24, 2.45) is 0 Å². The van der Waals surface area contributed by atoms with Gasteiger partial charge in [0.2, 0.25) is 5.95 Å². The van der Waals surface area contributed by atoms with Crippen LogP contribution in [0.25, 0.3) is 16.6 Å². The Morgan fingerprint density at radius 2 is 1.46 bits per heavy atom. The van der Waals surface area contributed by atoms with Gasteiger partial charge in [-0.2, -0.15) is 13.2 Å². The summed E-state index contributed by atoms with van der Waals surface area (Å²) >= 11 is 0. The third-order valence-corrected chi connectivity index (χ3v) is 4.26. The molecular weight excluding hydrogens is 367 g/mol. The summed E-state index contributed by atoms with van der Waals surface area (Å²) in [4.78, 5) is 17.6. The van der Waals surface area contributed by atoms with E-state index in [-0.39, 0.29) is 17.0 Å². The molecule has 0 unspecified atom stereocenters. The van der Waals surface area contributed by atoms with Gasteiger partial charge in [-0.15, -0.1) is 0 Å². The molecule has 140 valence electrons. The van der Waals surface area contributed by atoms with Gasteiger partial charge in [-0.25, -0.2) is 9.55 Å². The Hall–Kier alpha value is -3.61. The Labute approximate surface area is 157 Å². The average Bonchev–Trinajstić information content (AvgIpc) is 2.68. The number of anilines is 2. The average molecular weight is 381 g/mol. The second-order valence-electron chi connectivity index (χ2n) is 6.10. The first-order valence-corrected chi connectivity index (χ1v) is 8.45. The van der Waals surface area contributed by atoms with Crippen LogP contribution in [0.3, 0.4) is 0 Å². The van der Waals surface area contributed by atoms with Crippen LogP contribution >= 0.6 is 0 Å². The smallest absolute Gasteiger partial charge is 0.325 e. The highest BCUT2D eigenvalue weighted by Crippen LogP contribution is 2.34. The molecule has 4 aromatic rings. The van der Waals surface area contributed by atoms with Crippen molar-refractivity contribution in [1.29, 1.82) is 0 Å². The monoisotopic (exact) mass is 381 g/mol. The van der Waals surface area contributed by atoms with Crippen LogP contribution in [0.1, 0.15) is 5.56 Å². The molecule has 0 fully saturated rings.